The van der Waals surface area contributed by atoms with E-state index in [9.17, 15) is 0 Å². The summed E-state index contributed by atoms with van der Waals surface area (Å²) in [7, 11) is 0. The van der Waals surface area contributed by atoms with Crippen LogP contribution in [-0.2, 0) is 11.2 Å². The van der Waals surface area contributed by atoms with Crippen molar-refractivity contribution >= 4 is 0 Å². The first-order valence-corrected chi connectivity index (χ1v) is 8.00. The van der Waals surface area contributed by atoms with E-state index in [1.165, 1.54) is 23.1 Å². The lowest BCUT2D eigenvalue weighted by molar-refractivity contribution is -0.0462. The molecular formula is C17H29N3O. The summed E-state index contributed by atoms with van der Waals surface area (Å²) >= 11 is 0. The van der Waals surface area contributed by atoms with Gasteiger partial charge in [0, 0.05) is 13.1 Å². The molecule has 1 saturated heterocycles. The smallest absolute Gasteiger partial charge is 0.0871 e. The van der Waals surface area contributed by atoms with Crippen LogP contribution in [0.3, 0.4) is 0 Å². The van der Waals surface area contributed by atoms with E-state index in [2.05, 4.69) is 49.3 Å². The predicted octanol–water partition coefficient (Wildman–Crippen LogP) is 1.79. The molecule has 4 nitrogen and oxygen atoms in total. The van der Waals surface area contributed by atoms with Gasteiger partial charge in [-0.05, 0) is 49.9 Å². The summed E-state index contributed by atoms with van der Waals surface area (Å²) in [5.41, 5.74) is 6.95. The molecule has 0 saturated carbocycles. The number of nitrogens with one attached hydrogen (secondary N) is 1. The molecule has 118 valence electrons. The molecule has 21 heavy (non-hydrogen) atoms. The van der Waals surface area contributed by atoms with Gasteiger partial charge >= 0.3 is 0 Å². The van der Waals surface area contributed by atoms with E-state index < -0.39 is 0 Å². The zero-order chi connectivity index (χ0) is 15.2. The lowest BCUT2D eigenvalue weighted by atomic mass is 9.97. The van der Waals surface area contributed by atoms with Gasteiger partial charge in [-0.1, -0.05) is 25.1 Å². The van der Waals surface area contributed by atoms with Crippen LogP contribution < -0.4 is 11.3 Å². The van der Waals surface area contributed by atoms with Gasteiger partial charge < -0.3 is 4.74 Å². The van der Waals surface area contributed by atoms with Gasteiger partial charge in [-0.3, -0.25) is 16.2 Å². The summed E-state index contributed by atoms with van der Waals surface area (Å²) in [5, 5.41) is 0. The van der Waals surface area contributed by atoms with Gasteiger partial charge in [0.1, 0.15) is 0 Å². The zero-order valence-corrected chi connectivity index (χ0v) is 13.6. The Morgan fingerprint density at radius 3 is 2.86 bits per heavy atom. The van der Waals surface area contributed by atoms with Gasteiger partial charge in [-0.25, -0.2) is 0 Å². The van der Waals surface area contributed by atoms with Gasteiger partial charge in [0.05, 0.1) is 18.8 Å². The van der Waals surface area contributed by atoms with Crippen LogP contribution in [0.5, 0.6) is 0 Å². The summed E-state index contributed by atoms with van der Waals surface area (Å²) in [5.74, 6) is 5.79. The van der Waals surface area contributed by atoms with Crippen molar-refractivity contribution < 1.29 is 4.74 Å². The van der Waals surface area contributed by atoms with Crippen molar-refractivity contribution in [3.63, 3.8) is 0 Å². The van der Waals surface area contributed by atoms with Crippen LogP contribution >= 0.6 is 0 Å². The number of nitrogens with zero attached hydrogens (tertiary/aromatic N) is 1. The van der Waals surface area contributed by atoms with E-state index >= 15 is 0 Å². The fourth-order valence-corrected chi connectivity index (χ4v) is 2.98. The summed E-state index contributed by atoms with van der Waals surface area (Å²) in [6, 6.07) is 6.79. The second-order valence-corrected chi connectivity index (χ2v) is 6.11. The van der Waals surface area contributed by atoms with E-state index in [0.717, 1.165) is 32.7 Å². The Bertz CT molecular complexity index is 448. The van der Waals surface area contributed by atoms with Crippen molar-refractivity contribution in [2.75, 3.05) is 26.2 Å². The normalized spacial score (nSPS) is 21.4. The molecular weight excluding hydrogens is 262 g/mol. The van der Waals surface area contributed by atoms with Crippen molar-refractivity contribution in [1.82, 2.24) is 10.3 Å². The molecule has 0 bridgehead atoms. The Morgan fingerprint density at radius 1 is 1.38 bits per heavy atom. The van der Waals surface area contributed by atoms with Crippen LogP contribution in [0, 0.1) is 13.8 Å². The summed E-state index contributed by atoms with van der Waals surface area (Å²) < 4.78 is 5.95. The minimum absolute atomic E-state index is 0.159. The Labute approximate surface area is 128 Å². The monoisotopic (exact) mass is 291 g/mol. The maximum Gasteiger partial charge on any atom is 0.0871 e. The van der Waals surface area contributed by atoms with Crippen molar-refractivity contribution in [1.29, 1.82) is 0 Å². The molecule has 1 aliphatic rings. The topological polar surface area (TPSA) is 50.5 Å². The number of morpholine rings is 1. The number of rotatable bonds is 6. The van der Waals surface area contributed by atoms with Crippen molar-refractivity contribution in [3.05, 3.63) is 34.9 Å². The third-order valence-corrected chi connectivity index (χ3v) is 4.41. The first-order chi connectivity index (χ1) is 10.1. The maximum atomic E-state index is 5.95. The average molecular weight is 291 g/mol. The molecule has 2 atom stereocenters. The van der Waals surface area contributed by atoms with Gasteiger partial charge in [0.2, 0.25) is 0 Å². The quantitative estimate of drug-likeness (QED) is 0.620. The van der Waals surface area contributed by atoms with Crippen LogP contribution in [0.4, 0.5) is 0 Å². The van der Waals surface area contributed by atoms with Gasteiger partial charge in [0.25, 0.3) is 0 Å². The number of nitrogens with two attached hydrogens (primary N) is 1. The summed E-state index contributed by atoms with van der Waals surface area (Å²) in [4.78, 5) is 2.47. The van der Waals surface area contributed by atoms with E-state index in [0.29, 0.717) is 0 Å². The third kappa shape index (κ3) is 4.51. The van der Waals surface area contributed by atoms with Gasteiger partial charge in [-0.15, -0.1) is 0 Å². The van der Waals surface area contributed by atoms with Crippen LogP contribution in [-0.4, -0.2) is 43.3 Å². The lowest BCUT2D eigenvalue weighted by Gasteiger charge is -2.36. The molecule has 0 aromatic heterocycles. The second-order valence-electron chi connectivity index (χ2n) is 6.11. The Balaban J connectivity index is 1.99. The second kappa shape index (κ2) is 7.90. The number of benzene rings is 1. The van der Waals surface area contributed by atoms with Gasteiger partial charge in [-0.2, -0.15) is 0 Å². The maximum absolute atomic E-state index is 5.95. The molecule has 1 fully saturated rings. The number of aryl methyl sites for hydroxylation is 2. The molecule has 0 radical (unpaired) electrons. The fourth-order valence-electron chi connectivity index (χ4n) is 2.98. The molecule has 1 aromatic rings. The first kappa shape index (κ1) is 16.4. The highest BCUT2D eigenvalue weighted by atomic mass is 16.5. The molecule has 1 aliphatic heterocycles. The predicted molar refractivity (Wildman–Crippen MR) is 87.2 cm³/mol. The van der Waals surface area contributed by atoms with Crippen LogP contribution in [0.1, 0.15) is 30.0 Å². The molecule has 0 aliphatic carbocycles. The molecule has 4 heteroatoms. The largest absolute Gasteiger partial charge is 0.374 e. The molecule has 1 aromatic carbocycles. The fraction of sp³-hybridized carbons (Fsp3) is 0.647. The van der Waals surface area contributed by atoms with Crippen LogP contribution in [0.15, 0.2) is 18.2 Å². The highest BCUT2D eigenvalue weighted by Gasteiger charge is 2.27. The number of ether oxygens (including phenoxy) is 1. The first-order valence-electron chi connectivity index (χ1n) is 8.00. The summed E-state index contributed by atoms with van der Waals surface area (Å²) in [6.45, 7) is 10.5. The number of hydrazine groups is 1. The standard InChI is InChI=1S/C17H29N3O/c1-4-7-20-8-9-21-17(12-20)16(19-18)11-15-6-5-13(2)14(3)10-15/h5-6,10,16-17,19H,4,7-9,11-12,18H2,1-3H3. The van der Waals surface area contributed by atoms with E-state index in [1.54, 1.807) is 0 Å². The Hall–Kier alpha value is -0.940. The van der Waals surface area contributed by atoms with Gasteiger partial charge in [0.15, 0.2) is 0 Å². The minimum Gasteiger partial charge on any atom is -0.374 e. The molecule has 1 heterocycles. The molecule has 2 unspecified atom stereocenters. The van der Waals surface area contributed by atoms with Crippen LogP contribution in [0.2, 0.25) is 0 Å². The van der Waals surface area contributed by atoms with E-state index in [4.69, 9.17) is 10.6 Å². The highest BCUT2D eigenvalue weighted by Crippen LogP contribution is 2.16. The van der Waals surface area contributed by atoms with Crippen molar-refractivity contribution in [3.8, 4) is 0 Å². The third-order valence-electron chi connectivity index (χ3n) is 4.41. The molecule has 0 amide bonds. The van der Waals surface area contributed by atoms with Crippen LogP contribution in [0.25, 0.3) is 0 Å². The summed E-state index contributed by atoms with van der Waals surface area (Å²) in [6.07, 6.45) is 2.25. The van der Waals surface area contributed by atoms with E-state index in [-0.39, 0.29) is 12.1 Å². The molecule has 3 N–H and O–H groups in total. The lowest BCUT2D eigenvalue weighted by Crippen LogP contribution is -2.54. The van der Waals surface area contributed by atoms with Crippen molar-refractivity contribution in [2.24, 2.45) is 5.84 Å². The highest BCUT2D eigenvalue weighted by molar-refractivity contribution is 5.30. The Morgan fingerprint density at radius 2 is 2.19 bits per heavy atom. The SMILES string of the molecule is CCCN1CCOC(C(Cc2ccc(C)c(C)c2)NN)C1. The number of hydrogen-bond acceptors (Lipinski definition) is 4. The average Bonchev–Trinajstić information content (AvgIpc) is 2.49. The van der Waals surface area contributed by atoms with Crippen molar-refractivity contribution in [2.45, 2.75) is 45.8 Å². The zero-order valence-electron chi connectivity index (χ0n) is 13.6. The Kier molecular flexibility index (Phi) is 6.18. The van der Waals surface area contributed by atoms with E-state index in [1.807, 2.05) is 0 Å². The molecule has 0 spiro atoms. The number of hydrogen-bond donors (Lipinski definition) is 2. The minimum atomic E-state index is 0.159. The molecule has 2 rings (SSSR count).